The second-order valence-corrected chi connectivity index (χ2v) is 5.30. The van der Waals surface area contributed by atoms with Crippen molar-refractivity contribution in [2.75, 3.05) is 12.9 Å². The maximum Gasteiger partial charge on any atom is 0.270 e. The number of halogens is 1. The minimum Gasteiger partial charge on any atom is -0.395 e. The molecular formula is C11H16ClN3O2S. The molecule has 0 aromatic carbocycles. The van der Waals surface area contributed by atoms with Crippen LogP contribution in [0.1, 0.15) is 23.1 Å². The van der Waals surface area contributed by atoms with E-state index in [0.717, 1.165) is 0 Å². The van der Waals surface area contributed by atoms with Gasteiger partial charge in [-0.1, -0.05) is 0 Å². The summed E-state index contributed by atoms with van der Waals surface area (Å²) in [6.45, 7) is 3.59. The van der Waals surface area contributed by atoms with Crippen LogP contribution >= 0.6 is 23.4 Å². The Morgan fingerprint density at radius 3 is 2.78 bits per heavy atom. The number of aromatic nitrogens is 2. The van der Waals surface area contributed by atoms with Gasteiger partial charge in [0.1, 0.15) is 5.69 Å². The van der Waals surface area contributed by atoms with Gasteiger partial charge in [-0.15, -0.1) is 0 Å². The third-order valence-corrected chi connectivity index (χ3v) is 3.79. The van der Waals surface area contributed by atoms with Crippen molar-refractivity contribution in [2.45, 2.75) is 25.1 Å². The Bertz CT molecular complexity index is 406. The van der Waals surface area contributed by atoms with Crippen molar-refractivity contribution in [1.29, 1.82) is 0 Å². The van der Waals surface area contributed by atoms with Crippen molar-refractivity contribution >= 4 is 29.3 Å². The lowest BCUT2D eigenvalue weighted by molar-refractivity contribution is 0.0930. The summed E-state index contributed by atoms with van der Waals surface area (Å²) in [5.74, 6) is -0.317. The number of thioether (sulfide) groups is 1. The summed E-state index contributed by atoms with van der Waals surface area (Å²) < 4.78 is 0. The van der Waals surface area contributed by atoms with Crippen LogP contribution in [0.3, 0.4) is 0 Å². The molecule has 1 amide bonds. The molecule has 0 aliphatic carbocycles. The molecule has 0 spiro atoms. The number of amides is 1. The summed E-state index contributed by atoms with van der Waals surface area (Å²) in [5.41, 5.74) is 0.869. The molecule has 1 rings (SSSR count). The lowest BCUT2D eigenvalue weighted by atomic mass is 10.2. The minimum absolute atomic E-state index is 0.00612. The monoisotopic (exact) mass is 289 g/mol. The van der Waals surface area contributed by atoms with Crippen LogP contribution in [0.4, 0.5) is 0 Å². The van der Waals surface area contributed by atoms with E-state index in [4.69, 9.17) is 16.7 Å². The Morgan fingerprint density at radius 2 is 2.28 bits per heavy atom. The molecule has 0 aliphatic rings. The number of hydrogen-bond acceptors (Lipinski definition) is 5. The molecule has 0 fully saturated rings. The van der Waals surface area contributed by atoms with E-state index in [2.05, 4.69) is 15.3 Å². The van der Waals surface area contributed by atoms with Crippen LogP contribution < -0.4 is 5.32 Å². The zero-order valence-corrected chi connectivity index (χ0v) is 12.0. The number of rotatable bonds is 5. The maximum absolute atomic E-state index is 11.9. The van der Waals surface area contributed by atoms with E-state index in [1.54, 1.807) is 13.0 Å². The van der Waals surface area contributed by atoms with E-state index in [1.807, 2.05) is 13.2 Å². The second-order valence-electron chi connectivity index (χ2n) is 3.88. The zero-order chi connectivity index (χ0) is 13.7. The van der Waals surface area contributed by atoms with Gasteiger partial charge in [0.25, 0.3) is 5.91 Å². The number of aliphatic hydroxyl groups is 1. The fourth-order valence-electron chi connectivity index (χ4n) is 1.46. The van der Waals surface area contributed by atoms with Gasteiger partial charge in [-0.05, 0) is 37.8 Å². The Morgan fingerprint density at radius 1 is 1.61 bits per heavy atom. The zero-order valence-electron chi connectivity index (χ0n) is 10.5. The molecule has 0 aliphatic heterocycles. The smallest absolute Gasteiger partial charge is 0.270 e. The van der Waals surface area contributed by atoms with Crippen molar-refractivity contribution < 1.29 is 9.90 Å². The van der Waals surface area contributed by atoms with Crippen molar-refractivity contribution in [3.63, 3.8) is 0 Å². The highest BCUT2D eigenvalue weighted by Gasteiger charge is 2.19. The van der Waals surface area contributed by atoms with Crippen molar-refractivity contribution in [1.82, 2.24) is 15.3 Å². The topological polar surface area (TPSA) is 75.1 Å². The molecule has 7 heteroatoms. The average molecular weight is 290 g/mol. The Balaban J connectivity index is 2.76. The fraction of sp³-hybridized carbons (Fsp3) is 0.545. The molecule has 1 heterocycles. The van der Waals surface area contributed by atoms with E-state index in [-0.39, 0.29) is 34.8 Å². The van der Waals surface area contributed by atoms with Crippen molar-refractivity contribution in [2.24, 2.45) is 0 Å². The van der Waals surface area contributed by atoms with Gasteiger partial charge in [0.15, 0.2) is 0 Å². The number of hydrogen-bond donors (Lipinski definition) is 2. The summed E-state index contributed by atoms with van der Waals surface area (Å²) in [4.78, 5) is 19.7. The molecule has 2 N–H and O–H groups in total. The third kappa shape index (κ3) is 4.12. The van der Waals surface area contributed by atoms with E-state index in [9.17, 15) is 4.79 Å². The first kappa shape index (κ1) is 15.2. The van der Waals surface area contributed by atoms with Gasteiger partial charge in [-0.25, -0.2) is 9.97 Å². The normalized spacial score (nSPS) is 14.1. The number of aliphatic hydroxyl groups excluding tert-OH is 1. The van der Waals surface area contributed by atoms with Crippen LogP contribution in [0, 0.1) is 6.92 Å². The van der Waals surface area contributed by atoms with Gasteiger partial charge < -0.3 is 10.4 Å². The van der Waals surface area contributed by atoms with Gasteiger partial charge >= 0.3 is 0 Å². The highest BCUT2D eigenvalue weighted by Crippen LogP contribution is 2.11. The van der Waals surface area contributed by atoms with E-state index < -0.39 is 0 Å². The number of nitrogens with zero attached hydrogens (tertiary/aromatic N) is 2. The quantitative estimate of drug-likeness (QED) is 0.799. The molecule has 1 aromatic heterocycles. The van der Waals surface area contributed by atoms with Crippen LogP contribution in [0.25, 0.3) is 0 Å². The molecule has 18 heavy (non-hydrogen) atoms. The molecule has 0 saturated carbocycles. The third-order valence-electron chi connectivity index (χ3n) is 2.46. The van der Waals surface area contributed by atoms with Crippen LogP contribution in [0.5, 0.6) is 0 Å². The largest absolute Gasteiger partial charge is 0.395 e. The summed E-state index contributed by atoms with van der Waals surface area (Å²) in [6.07, 6.45) is 1.88. The van der Waals surface area contributed by atoms with Crippen LogP contribution in [-0.4, -0.2) is 45.1 Å². The molecule has 2 atom stereocenters. The SMILES string of the molecule is CSC(CO)C(C)NC(=O)c1cc(C)nc(Cl)n1. The number of aryl methyl sites for hydroxylation is 1. The molecule has 2 unspecified atom stereocenters. The average Bonchev–Trinajstić information content (AvgIpc) is 2.29. The molecule has 0 bridgehead atoms. The molecule has 0 radical (unpaired) electrons. The number of carbonyl (C=O) groups excluding carboxylic acids is 1. The molecule has 5 nitrogen and oxygen atoms in total. The lowest BCUT2D eigenvalue weighted by Crippen LogP contribution is -2.41. The fourth-order valence-corrected chi connectivity index (χ4v) is 2.31. The molecule has 1 aromatic rings. The predicted molar refractivity (Wildman–Crippen MR) is 73.1 cm³/mol. The molecular weight excluding hydrogens is 274 g/mol. The highest BCUT2D eigenvalue weighted by molar-refractivity contribution is 7.99. The van der Waals surface area contributed by atoms with Crippen molar-refractivity contribution in [3.05, 3.63) is 22.7 Å². The summed E-state index contributed by atoms with van der Waals surface area (Å²) >= 11 is 7.20. The summed E-state index contributed by atoms with van der Waals surface area (Å²) in [5, 5.41) is 11.9. The highest BCUT2D eigenvalue weighted by atomic mass is 35.5. The van der Waals surface area contributed by atoms with E-state index in [1.165, 1.54) is 11.8 Å². The van der Waals surface area contributed by atoms with Gasteiger partial charge in [0, 0.05) is 17.0 Å². The van der Waals surface area contributed by atoms with Gasteiger partial charge in [0.05, 0.1) is 6.61 Å². The lowest BCUT2D eigenvalue weighted by Gasteiger charge is -2.21. The summed E-state index contributed by atoms with van der Waals surface area (Å²) in [6, 6.07) is 1.41. The van der Waals surface area contributed by atoms with Crippen LogP contribution in [-0.2, 0) is 0 Å². The first-order valence-electron chi connectivity index (χ1n) is 5.43. The van der Waals surface area contributed by atoms with Gasteiger partial charge in [-0.3, -0.25) is 4.79 Å². The first-order chi connectivity index (χ1) is 8.47. The Labute approximate surface area is 115 Å². The Kier molecular flexibility index (Phi) is 5.84. The number of carbonyl (C=O) groups is 1. The number of nitrogens with one attached hydrogen (secondary N) is 1. The van der Waals surface area contributed by atoms with E-state index in [0.29, 0.717) is 5.69 Å². The van der Waals surface area contributed by atoms with Gasteiger partial charge in [-0.2, -0.15) is 11.8 Å². The molecule has 0 saturated heterocycles. The summed E-state index contributed by atoms with van der Waals surface area (Å²) in [7, 11) is 0. The minimum atomic E-state index is -0.317. The van der Waals surface area contributed by atoms with Crippen LogP contribution in [0.2, 0.25) is 5.28 Å². The predicted octanol–water partition coefficient (Wildman–Crippen LogP) is 1.28. The van der Waals surface area contributed by atoms with Crippen molar-refractivity contribution in [3.8, 4) is 0 Å². The first-order valence-corrected chi connectivity index (χ1v) is 7.10. The van der Waals surface area contributed by atoms with Gasteiger partial charge in [0.2, 0.25) is 5.28 Å². The van der Waals surface area contributed by atoms with Crippen LogP contribution in [0.15, 0.2) is 6.07 Å². The van der Waals surface area contributed by atoms with E-state index >= 15 is 0 Å². The second kappa shape index (κ2) is 6.92. The molecule has 100 valence electrons. The maximum atomic E-state index is 11.9. The Hall–Kier alpha value is -0.850. The standard InChI is InChI=1S/C11H16ClN3O2S/c1-6-4-8(15-11(12)13-6)10(17)14-7(2)9(5-16)18-3/h4,7,9,16H,5H2,1-3H3,(H,14,17).